The summed E-state index contributed by atoms with van der Waals surface area (Å²) in [6, 6.07) is 0. The molecule has 0 aliphatic carbocycles. The Hall–Kier alpha value is -0.810. The highest BCUT2D eigenvalue weighted by atomic mass is 35.5. The number of hydrogen-bond donors (Lipinski definition) is 1. The molecule has 0 aromatic heterocycles. The topological polar surface area (TPSA) is 64.6 Å². The Morgan fingerprint density at radius 2 is 1.42 bits per heavy atom. The van der Waals surface area contributed by atoms with Gasteiger partial charge in [-0.15, -0.1) is 12.4 Å². The molecule has 0 unspecified atom stereocenters. The summed E-state index contributed by atoms with van der Waals surface area (Å²) in [5.74, 6) is -0.817. The van der Waals surface area contributed by atoms with E-state index in [9.17, 15) is 9.59 Å². The molecule has 0 fully saturated rings. The van der Waals surface area contributed by atoms with Crippen LogP contribution in [0.15, 0.2) is 0 Å². The third-order valence-corrected chi connectivity index (χ3v) is 0.994. The van der Waals surface area contributed by atoms with E-state index in [0.717, 1.165) is 0 Å². The number of ether oxygens (including phenoxy) is 2. The van der Waals surface area contributed by atoms with Gasteiger partial charge in [0.2, 0.25) is 0 Å². The van der Waals surface area contributed by atoms with Crippen LogP contribution in [-0.2, 0) is 19.1 Å². The molecule has 0 bridgehead atoms. The van der Waals surface area contributed by atoms with Crippen molar-refractivity contribution in [1.82, 2.24) is 5.32 Å². The van der Waals surface area contributed by atoms with E-state index in [0.29, 0.717) is 0 Å². The van der Waals surface area contributed by atoms with E-state index in [-0.39, 0.29) is 25.5 Å². The third kappa shape index (κ3) is 7.30. The first kappa shape index (κ1) is 13.8. The van der Waals surface area contributed by atoms with E-state index in [1.54, 1.807) is 0 Å². The largest absolute Gasteiger partial charge is 0.468 e. The smallest absolute Gasteiger partial charge is 0.319 e. The summed E-state index contributed by atoms with van der Waals surface area (Å²) >= 11 is 0. The fourth-order valence-electron chi connectivity index (χ4n) is 0.411. The van der Waals surface area contributed by atoms with Gasteiger partial charge in [-0.05, 0) is 0 Å². The minimum Gasteiger partial charge on any atom is -0.468 e. The molecule has 0 spiro atoms. The van der Waals surface area contributed by atoms with Crippen molar-refractivity contribution in [3.63, 3.8) is 0 Å². The normalized spacial score (nSPS) is 8.17. The highest BCUT2D eigenvalue weighted by molar-refractivity contribution is 5.85. The first-order chi connectivity index (χ1) is 5.20. The maximum atomic E-state index is 10.4. The number of hydrogen-bond acceptors (Lipinski definition) is 5. The minimum absolute atomic E-state index is 0. The highest BCUT2D eigenvalue weighted by Gasteiger charge is 2.01. The molecule has 72 valence electrons. The molecule has 0 aromatic rings. The van der Waals surface area contributed by atoms with E-state index >= 15 is 0 Å². The van der Waals surface area contributed by atoms with Crippen molar-refractivity contribution < 1.29 is 19.1 Å². The van der Waals surface area contributed by atoms with Crippen LogP contribution in [0.25, 0.3) is 0 Å². The van der Waals surface area contributed by atoms with Gasteiger partial charge < -0.3 is 9.47 Å². The van der Waals surface area contributed by atoms with Gasteiger partial charge in [0.15, 0.2) is 0 Å². The lowest BCUT2D eigenvalue weighted by atomic mass is 10.6. The van der Waals surface area contributed by atoms with E-state index in [4.69, 9.17) is 0 Å². The van der Waals surface area contributed by atoms with Crippen LogP contribution < -0.4 is 5.32 Å². The van der Waals surface area contributed by atoms with Gasteiger partial charge >= 0.3 is 11.9 Å². The van der Waals surface area contributed by atoms with Gasteiger partial charge in [-0.2, -0.15) is 0 Å². The van der Waals surface area contributed by atoms with Crippen LogP contribution in [0.5, 0.6) is 0 Å². The molecule has 0 aliphatic heterocycles. The summed E-state index contributed by atoms with van der Waals surface area (Å²) in [7, 11) is 2.56. The minimum atomic E-state index is -0.408. The Labute approximate surface area is 76.8 Å². The van der Waals surface area contributed by atoms with Crippen LogP contribution in [0.2, 0.25) is 0 Å². The van der Waals surface area contributed by atoms with Crippen LogP contribution in [0.3, 0.4) is 0 Å². The second kappa shape index (κ2) is 8.29. The highest BCUT2D eigenvalue weighted by Crippen LogP contribution is 1.72. The average Bonchev–Trinajstić information content (AvgIpc) is 2.04. The zero-order chi connectivity index (χ0) is 8.69. The molecule has 0 saturated carbocycles. The van der Waals surface area contributed by atoms with Gasteiger partial charge in [0, 0.05) is 0 Å². The van der Waals surface area contributed by atoms with Gasteiger partial charge in [-0.1, -0.05) is 0 Å². The van der Waals surface area contributed by atoms with Crippen LogP contribution in [0.1, 0.15) is 0 Å². The Morgan fingerprint density at radius 1 is 1.08 bits per heavy atom. The van der Waals surface area contributed by atoms with E-state index in [1.165, 1.54) is 14.2 Å². The van der Waals surface area contributed by atoms with Crippen molar-refractivity contribution in [2.75, 3.05) is 27.3 Å². The fraction of sp³-hybridized carbons (Fsp3) is 0.667. The van der Waals surface area contributed by atoms with Gasteiger partial charge in [-0.3, -0.25) is 14.9 Å². The second-order valence-corrected chi connectivity index (χ2v) is 1.76. The maximum absolute atomic E-state index is 10.4. The average molecular weight is 198 g/mol. The monoisotopic (exact) mass is 197 g/mol. The molecule has 0 heterocycles. The van der Waals surface area contributed by atoms with Crippen LogP contribution in [0.4, 0.5) is 0 Å². The lowest BCUT2D eigenvalue weighted by Gasteiger charge is -2.00. The van der Waals surface area contributed by atoms with Crippen molar-refractivity contribution in [3.05, 3.63) is 0 Å². The summed E-state index contributed by atoms with van der Waals surface area (Å²) in [4.78, 5) is 20.9. The quantitative estimate of drug-likeness (QED) is 0.607. The Balaban J connectivity index is 0. The zero-order valence-electron chi connectivity index (χ0n) is 6.96. The van der Waals surface area contributed by atoms with Crippen LogP contribution >= 0.6 is 12.4 Å². The van der Waals surface area contributed by atoms with E-state index in [1.807, 2.05) is 0 Å². The van der Waals surface area contributed by atoms with Gasteiger partial charge in [0.05, 0.1) is 27.3 Å². The molecule has 6 heteroatoms. The number of esters is 2. The third-order valence-electron chi connectivity index (χ3n) is 0.994. The standard InChI is InChI=1S/C6H11NO4.ClH/c1-10-5(8)3-7-4-6(9)11-2;/h7H,3-4H2,1-2H3;1H. The first-order valence-electron chi connectivity index (χ1n) is 3.05. The number of carbonyl (C=O) groups excluding carboxylic acids is 2. The summed E-state index contributed by atoms with van der Waals surface area (Å²) in [5.41, 5.74) is 0. The molecule has 0 rings (SSSR count). The Bertz CT molecular complexity index is 134. The van der Waals surface area contributed by atoms with E-state index in [2.05, 4.69) is 14.8 Å². The number of halogens is 1. The van der Waals surface area contributed by atoms with Crippen molar-refractivity contribution >= 4 is 24.3 Å². The van der Waals surface area contributed by atoms with Crippen molar-refractivity contribution in [2.45, 2.75) is 0 Å². The summed E-state index contributed by atoms with van der Waals surface area (Å²) in [6.07, 6.45) is 0. The molecule has 0 amide bonds. The molecular formula is C6H12ClNO4. The molecule has 12 heavy (non-hydrogen) atoms. The molecule has 0 radical (unpaired) electrons. The molecule has 1 N–H and O–H groups in total. The number of nitrogens with one attached hydrogen (secondary N) is 1. The molecule has 0 atom stereocenters. The van der Waals surface area contributed by atoms with Crippen LogP contribution in [-0.4, -0.2) is 39.2 Å². The zero-order valence-corrected chi connectivity index (χ0v) is 7.77. The summed E-state index contributed by atoms with van der Waals surface area (Å²) < 4.78 is 8.62. The second-order valence-electron chi connectivity index (χ2n) is 1.76. The molecule has 0 saturated heterocycles. The SMILES string of the molecule is COC(=O)CNCC(=O)OC.Cl. The predicted molar refractivity (Wildman–Crippen MR) is 44.1 cm³/mol. The molecule has 0 aliphatic rings. The molecular weight excluding hydrogens is 186 g/mol. The maximum Gasteiger partial charge on any atom is 0.319 e. The van der Waals surface area contributed by atoms with Crippen LogP contribution in [0, 0.1) is 0 Å². The lowest BCUT2D eigenvalue weighted by Crippen LogP contribution is -2.29. The van der Waals surface area contributed by atoms with Crippen molar-refractivity contribution in [1.29, 1.82) is 0 Å². The molecule has 0 aromatic carbocycles. The van der Waals surface area contributed by atoms with E-state index < -0.39 is 11.9 Å². The fourth-order valence-corrected chi connectivity index (χ4v) is 0.411. The predicted octanol–water partition coefficient (Wildman–Crippen LogP) is -0.656. The first-order valence-corrected chi connectivity index (χ1v) is 3.05. The summed E-state index contributed by atoms with van der Waals surface area (Å²) in [6.45, 7) is 0.0389. The van der Waals surface area contributed by atoms with Gasteiger partial charge in [-0.25, -0.2) is 0 Å². The number of carbonyl (C=O) groups is 2. The van der Waals surface area contributed by atoms with Gasteiger partial charge in [0.25, 0.3) is 0 Å². The van der Waals surface area contributed by atoms with Crippen molar-refractivity contribution in [2.24, 2.45) is 0 Å². The summed E-state index contributed by atoms with van der Waals surface area (Å²) in [5, 5.41) is 2.54. The Kier molecular flexibility index (Phi) is 9.50. The lowest BCUT2D eigenvalue weighted by molar-refractivity contribution is -0.141. The number of methoxy groups -OCH3 is 2. The van der Waals surface area contributed by atoms with Gasteiger partial charge in [0.1, 0.15) is 0 Å². The number of rotatable bonds is 4. The molecule has 5 nitrogen and oxygen atoms in total. The Morgan fingerprint density at radius 3 is 1.67 bits per heavy atom. The van der Waals surface area contributed by atoms with Crippen molar-refractivity contribution in [3.8, 4) is 0 Å².